The van der Waals surface area contributed by atoms with E-state index in [-0.39, 0.29) is 24.8 Å². The second-order valence-corrected chi connectivity index (χ2v) is 8.25. The summed E-state index contributed by atoms with van der Waals surface area (Å²) in [6.07, 6.45) is 5.05. The molecule has 0 spiro atoms. The predicted octanol–water partition coefficient (Wildman–Crippen LogP) is 3.13. The van der Waals surface area contributed by atoms with Crippen molar-refractivity contribution < 1.29 is 8.42 Å². The maximum absolute atomic E-state index is 12.9. The summed E-state index contributed by atoms with van der Waals surface area (Å²) in [4.78, 5) is 2.66. The van der Waals surface area contributed by atoms with Crippen LogP contribution in [0.4, 0.5) is 0 Å². The molecule has 1 fully saturated rings. The molecule has 0 amide bonds. The molecule has 5 nitrogen and oxygen atoms in total. The summed E-state index contributed by atoms with van der Waals surface area (Å²) in [5.74, 6) is 0.623. The van der Waals surface area contributed by atoms with Gasteiger partial charge in [-0.25, -0.2) is 12.4 Å². The van der Waals surface area contributed by atoms with Gasteiger partial charge in [0.25, 0.3) is 10.0 Å². The maximum atomic E-state index is 12.9. The van der Waals surface area contributed by atoms with Crippen LogP contribution >= 0.6 is 24.8 Å². The quantitative estimate of drug-likeness (QED) is 0.780. The molecule has 1 saturated heterocycles. The van der Waals surface area contributed by atoms with E-state index in [4.69, 9.17) is 5.73 Å². The molecule has 0 aliphatic carbocycles. The molecule has 2 heterocycles. The Morgan fingerprint density at radius 2 is 1.81 bits per heavy atom. The Bertz CT molecular complexity index is 764. The van der Waals surface area contributed by atoms with Crippen molar-refractivity contribution in [3.8, 4) is 0 Å². The highest BCUT2D eigenvalue weighted by Crippen LogP contribution is 2.22. The van der Waals surface area contributed by atoms with E-state index in [1.165, 1.54) is 10.4 Å². The molecule has 1 aliphatic rings. The van der Waals surface area contributed by atoms with E-state index in [1.807, 2.05) is 12.1 Å². The van der Waals surface area contributed by atoms with Crippen LogP contribution in [0, 0.1) is 5.92 Å². The van der Waals surface area contributed by atoms with E-state index >= 15 is 0 Å². The lowest BCUT2D eigenvalue weighted by molar-refractivity contribution is 0.161. The van der Waals surface area contributed by atoms with Gasteiger partial charge in [-0.05, 0) is 62.5 Å². The number of likely N-dealkylation sites (tertiary alicyclic amines) is 1. The second-order valence-electron chi connectivity index (χ2n) is 6.43. The smallest absolute Gasteiger partial charge is 0.267 e. The van der Waals surface area contributed by atoms with Crippen molar-refractivity contribution in [3.63, 3.8) is 0 Å². The van der Waals surface area contributed by atoms with Gasteiger partial charge in [-0.15, -0.1) is 24.8 Å². The minimum atomic E-state index is -3.53. The summed E-state index contributed by atoms with van der Waals surface area (Å²) >= 11 is 0. The average Bonchev–Trinajstić information content (AvgIpc) is 3.05. The number of hydrogen-bond acceptors (Lipinski definition) is 4. The number of piperidine rings is 1. The van der Waals surface area contributed by atoms with Crippen LogP contribution in [0.1, 0.15) is 25.0 Å². The SMILES string of the molecule is Cl.Cl.NCCC1CCCN(Cc2cccn2S(=O)(=O)c2ccccc2)C1. The molecule has 8 heteroatoms. The van der Waals surface area contributed by atoms with Crippen molar-refractivity contribution in [2.75, 3.05) is 19.6 Å². The third-order valence-corrected chi connectivity index (χ3v) is 6.40. The molecule has 0 saturated carbocycles. The molecule has 26 heavy (non-hydrogen) atoms. The third kappa shape index (κ3) is 5.24. The fraction of sp³-hybridized carbons (Fsp3) is 0.444. The number of nitrogens with two attached hydrogens (primary N) is 1. The molecule has 146 valence electrons. The van der Waals surface area contributed by atoms with Gasteiger partial charge in [-0.3, -0.25) is 4.90 Å². The molecule has 1 aromatic carbocycles. The first-order valence-electron chi connectivity index (χ1n) is 8.50. The van der Waals surface area contributed by atoms with Gasteiger partial charge in [0, 0.05) is 25.0 Å². The number of rotatable bonds is 6. The molecule has 1 unspecified atom stereocenters. The topological polar surface area (TPSA) is 68.3 Å². The van der Waals surface area contributed by atoms with E-state index in [0.717, 1.165) is 38.2 Å². The largest absolute Gasteiger partial charge is 0.330 e. The van der Waals surface area contributed by atoms with Crippen molar-refractivity contribution in [1.29, 1.82) is 0 Å². The van der Waals surface area contributed by atoms with Gasteiger partial charge in [-0.2, -0.15) is 0 Å². The lowest BCUT2D eigenvalue weighted by Crippen LogP contribution is -2.36. The average molecular weight is 420 g/mol. The standard InChI is InChI=1S/C18H25N3O2S.2ClH/c19-11-10-16-6-4-12-20(14-16)15-17-7-5-13-21(17)24(22,23)18-8-2-1-3-9-18;;/h1-3,5,7-9,13,16H,4,6,10-12,14-15,19H2;2*1H. The first-order valence-corrected chi connectivity index (χ1v) is 9.94. The number of nitrogens with zero attached hydrogens (tertiary/aromatic N) is 2. The summed E-state index contributed by atoms with van der Waals surface area (Å²) in [5, 5.41) is 0. The maximum Gasteiger partial charge on any atom is 0.267 e. The summed E-state index contributed by atoms with van der Waals surface area (Å²) in [6.45, 7) is 3.38. The molecule has 1 atom stereocenters. The summed E-state index contributed by atoms with van der Waals surface area (Å²) in [6, 6.07) is 12.3. The van der Waals surface area contributed by atoms with Gasteiger partial charge in [-0.1, -0.05) is 18.2 Å². The van der Waals surface area contributed by atoms with Crippen molar-refractivity contribution in [2.45, 2.75) is 30.7 Å². The Morgan fingerprint density at radius 1 is 1.08 bits per heavy atom. The molecule has 0 bridgehead atoms. The molecule has 2 N–H and O–H groups in total. The summed E-state index contributed by atoms with van der Waals surface area (Å²) in [5.41, 5.74) is 6.50. The van der Waals surface area contributed by atoms with Crippen molar-refractivity contribution in [2.24, 2.45) is 11.7 Å². The van der Waals surface area contributed by atoms with Crippen molar-refractivity contribution in [3.05, 3.63) is 54.4 Å². The fourth-order valence-electron chi connectivity index (χ4n) is 3.46. The van der Waals surface area contributed by atoms with Crippen LogP contribution in [0.25, 0.3) is 0 Å². The lowest BCUT2D eigenvalue weighted by Gasteiger charge is -2.32. The molecular formula is C18H27Cl2N3O2S. The zero-order chi connectivity index (χ0) is 17.0. The Balaban J connectivity index is 0.00000169. The third-order valence-electron chi connectivity index (χ3n) is 4.66. The molecule has 1 aliphatic heterocycles. The van der Waals surface area contributed by atoms with Crippen molar-refractivity contribution >= 4 is 34.8 Å². The second kappa shape index (κ2) is 10.3. The van der Waals surface area contributed by atoms with E-state index in [2.05, 4.69) is 4.90 Å². The van der Waals surface area contributed by atoms with E-state index in [9.17, 15) is 8.42 Å². The minimum Gasteiger partial charge on any atom is -0.330 e. The lowest BCUT2D eigenvalue weighted by atomic mass is 9.95. The Kier molecular flexibility index (Phi) is 9.13. The monoisotopic (exact) mass is 419 g/mol. The van der Waals surface area contributed by atoms with E-state index in [0.29, 0.717) is 17.4 Å². The van der Waals surface area contributed by atoms with Crippen LogP contribution < -0.4 is 5.73 Å². The minimum absolute atomic E-state index is 0. The molecular weight excluding hydrogens is 393 g/mol. The number of hydrogen-bond donors (Lipinski definition) is 1. The highest BCUT2D eigenvalue weighted by Gasteiger charge is 2.23. The molecule has 3 rings (SSSR count). The highest BCUT2D eigenvalue weighted by molar-refractivity contribution is 7.90. The molecule has 1 aromatic heterocycles. The first-order chi connectivity index (χ1) is 11.6. The number of halogens is 2. The summed E-state index contributed by atoms with van der Waals surface area (Å²) < 4.78 is 27.1. The van der Waals surface area contributed by atoms with E-state index < -0.39 is 10.0 Å². The normalized spacial score (nSPS) is 18.0. The number of benzene rings is 1. The van der Waals surface area contributed by atoms with Crippen LogP contribution in [-0.4, -0.2) is 36.9 Å². The molecule has 0 radical (unpaired) electrons. The predicted molar refractivity (Wildman–Crippen MR) is 110 cm³/mol. The van der Waals surface area contributed by atoms with Crippen LogP contribution in [0.15, 0.2) is 53.6 Å². The van der Waals surface area contributed by atoms with Crippen LogP contribution in [-0.2, 0) is 16.6 Å². The van der Waals surface area contributed by atoms with Gasteiger partial charge in [0.1, 0.15) is 0 Å². The van der Waals surface area contributed by atoms with Gasteiger partial charge in [0.15, 0.2) is 0 Å². The van der Waals surface area contributed by atoms with Crippen molar-refractivity contribution in [1.82, 2.24) is 8.87 Å². The van der Waals surface area contributed by atoms with Crippen LogP contribution in [0.3, 0.4) is 0 Å². The molecule has 2 aromatic rings. The zero-order valence-corrected chi connectivity index (χ0v) is 17.1. The Morgan fingerprint density at radius 3 is 2.50 bits per heavy atom. The van der Waals surface area contributed by atoms with Gasteiger partial charge in [0.05, 0.1) is 4.90 Å². The van der Waals surface area contributed by atoms with Crippen LogP contribution in [0.5, 0.6) is 0 Å². The zero-order valence-electron chi connectivity index (χ0n) is 14.7. The Labute approximate surface area is 168 Å². The first kappa shape index (κ1) is 23.0. The van der Waals surface area contributed by atoms with Gasteiger partial charge in [0.2, 0.25) is 0 Å². The summed E-state index contributed by atoms with van der Waals surface area (Å²) in [7, 11) is -3.53. The number of aromatic nitrogens is 1. The van der Waals surface area contributed by atoms with E-state index in [1.54, 1.807) is 36.5 Å². The van der Waals surface area contributed by atoms with Gasteiger partial charge >= 0.3 is 0 Å². The van der Waals surface area contributed by atoms with Gasteiger partial charge < -0.3 is 5.73 Å². The van der Waals surface area contributed by atoms with Crippen LogP contribution in [0.2, 0.25) is 0 Å². The Hall–Kier alpha value is -1.05. The highest BCUT2D eigenvalue weighted by atomic mass is 35.5. The fourth-order valence-corrected chi connectivity index (χ4v) is 4.85.